The molecule has 7 nitrogen and oxygen atoms in total. The molecule has 0 saturated carbocycles. The Morgan fingerprint density at radius 3 is 2.36 bits per heavy atom. The lowest BCUT2D eigenvalue weighted by Crippen LogP contribution is -2.37. The number of nitro benzene ring substituents is 1. The number of hydrogen-bond acceptors (Lipinski definition) is 5. The topological polar surface area (TPSA) is 106 Å². The fraction of sp³-hybridized carbons (Fsp3) is 0.188. The summed E-state index contributed by atoms with van der Waals surface area (Å²) in [5.41, 5.74) is -0.0775. The molecule has 1 N–H and O–H groups in total. The maximum Gasteiger partial charge on any atom is 0.471 e. The van der Waals surface area contributed by atoms with E-state index in [0.717, 1.165) is 18.2 Å². The van der Waals surface area contributed by atoms with Crippen molar-refractivity contribution in [1.82, 2.24) is 5.32 Å². The number of sulfone groups is 1. The molecule has 2 rings (SSSR count). The van der Waals surface area contributed by atoms with Crippen molar-refractivity contribution in [2.45, 2.75) is 22.4 Å². The Hall–Kier alpha value is -2.66. The minimum atomic E-state index is -5.00. The summed E-state index contributed by atoms with van der Waals surface area (Å²) in [5.74, 6) is -2.09. The molecular weight excluding hydrogens is 425 g/mol. The predicted octanol–water partition coefficient (Wildman–Crippen LogP) is 3.30. The number of amides is 1. The van der Waals surface area contributed by atoms with Crippen LogP contribution >= 0.6 is 11.6 Å². The Morgan fingerprint density at radius 1 is 1.14 bits per heavy atom. The molecule has 0 heterocycles. The van der Waals surface area contributed by atoms with Crippen LogP contribution in [0.25, 0.3) is 0 Å². The number of nitrogens with zero attached hydrogens (tertiary/aromatic N) is 1. The number of hydrogen-bond donors (Lipinski definition) is 1. The van der Waals surface area contributed by atoms with E-state index in [1.165, 1.54) is 24.3 Å². The monoisotopic (exact) mass is 436 g/mol. The molecule has 28 heavy (non-hydrogen) atoms. The van der Waals surface area contributed by atoms with Gasteiger partial charge in [0.05, 0.1) is 14.7 Å². The molecule has 0 unspecified atom stereocenters. The van der Waals surface area contributed by atoms with Crippen LogP contribution < -0.4 is 5.32 Å². The molecular formula is C16H12ClF3N2O5S. The van der Waals surface area contributed by atoms with E-state index in [0.29, 0.717) is 5.56 Å². The average molecular weight is 437 g/mol. The van der Waals surface area contributed by atoms with Gasteiger partial charge in [-0.25, -0.2) is 8.42 Å². The number of non-ortho nitro benzene ring substituents is 1. The number of halogens is 4. The van der Waals surface area contributed by atoms with E-state index >= 15 is 0 Å². The normalized spacial score (nSPS) is 11.9. The zero-order valence-electron chi connectivity index (χ0n) is 13.9. The van der Waals surface area contributed by atoms with Gasteiger partial charge in [0.2, 0.25) is 9.84 Å². The molecule has 0 atom stereocenters. The van der Waals surface area contributed by atoms with Gasteiger partial charge in [-0.1, -0.05) is 23.7 Å². The van der Waals surface area contributed by atoms with Gasteiger partial charge >= 0.3 is 12.1 Å². The first-order valence-corrected chi connectivity index (χ1v) is 9.42. The molecule has 0 aliphatic rings. The van der Waals surface area contributed by atoms with Crippen LogP contribution in [0, 0.1) is 10.1 Å². The predicted molar refractivity (Wildman–Crippen MR) is 92.8 cm³/mol. The first kappa shape index (κ1) is 21.6. The summed E-state index contributed by atoms with van der Waals surface area (Å²) in [6, 6.07) is 8.04. The first-order valence-electron chi connectivity index (χ1n) is 7.56. The Morgan fingerprint density at radius 2 is 1.79 bits per heavy atom. The van der Waals surface area contributed by atoms with E-state index in [4.69, 9.17) is 11.6 Å². The van der Waals surface area contributed by atoms with Crippen LogP contribution in [0.2, 0.25) is 5.02 Å². The zero-order chi connectivity index (χ0) is 21.1. The Kier molecular flexibility index (Phi) is 6.30. The highest BCUT2D eigenvalue weighted by Gasteiger charge is 2.38. The van der Waals surface area contributed by atoms with Crippen LogP contribution in [0.15, 0.2) is 52.3 Å². The van der Waals surface area contributed by atoms with E-state index < -0.39 is 32.5 Å². The number of nitro groups is 1. The number of benzene rings is 2. The standard InChI is InChI=1S/C16H12ClF3N2O5S/c17-14-9-13(5-4-10(14)6-7-21-15(23)16(18,19)20)28(26,27)12-3-1-2-11(8-12)22(24)25/h1-5,8-9H,6-7H2,(H,21,23). The molecule has 0 saturated heterocycles. The van der Waals surface area contributed by atoms with Gasteiger partial charge in [0.15, 0.2) is 0 Å². The largest absolute Gasteiger partial charge is 0.471 e. The van der Waals surface area contributed by atoms with Crippen LogP contribution in [0.1, 0.15) is 5.56 Å². The van der Waals surface area contributed by atoms with Crippen molar-refractivity contribution in [3.8, 4) is 0 Å². The highest BCUT2D eigenvalue weighted by Crippen LogP contribution is 2.28. The van der Waals surface area contributed by atoms with Gasteiger partial charge in [-0.2, -0.15) is 13.2 Å². The van der Waals surface area contributed by atoms with Crippen LogP contribution in [0.3, 0.4) is 0 Å². The van der Waals surface area contributed by atoms with Gasteiger partial charge in [0.25, 0.3) is 5.69 Å². The molecule has 0 bridgehead atoms. The average Bonchev–Trinajstić information content (AvgIpc) is 2.62. The second-order valence-electron chi connectivity index (χ2n) is 5.51. The summed E-state index contributed by atoms with van der Waals surface area (Å²) in [5, 5.41) is 12.5. The summed E-state index contributed by atoms with van der Waals surface area (Å²) in [4.78, 5) is 20.3. The fourth-order valence-corrected chi connectivity index (χ4v) is 3.87. The van der Waals surface area contributed by atoms with Crippen molar-refractivity contribution in [3.05, 3.63) is 63.2 Å². The lowest BCUT2D eigenvalue weighted by molar-refractivity contribution is -0.385. The molecule has 2 aromatic rings. The summed E-state index contributed by atoms with van der Waals surface area (Å²) < 4.78 is 61.6. The quantitative estimate of drug-likeness (QED) is 0.552. The molecule has 0 fully saturated rings. The molecule has 150 valence electrons. The van der Waals surface area contributed by atoms with Gasteiger partial charge in [0.1, 0.15) is 0 Å². The summed E-state index contributed by atoms with van der Waals surface area (Å²) in [6.45, 7) is -0.352. The Balaban J connectivity index is 2.20. The molecule has 0 radical (unpaired) electrons. The van der Waals surface area contributed by atoms with Crippen molar-refractivity contribution < 1.29 is 31.3 Å². The SMILES string of the molecule is O=C(NCCc1ccc(S(=O)(=O)c2cccc([N+](=O)[O-])c2)cc1Cl)C(F)(F)F. The smallest absolute Gasteiger partial charge is 0.348 e. The molecule has 0 aliphatic carbocycles. The second kappa shape index (κ2) is 8.15. The fourth-order valence-electron chi connectivity index (χ4n) is 2.21. The lowest BCUT2D eigenvalue weighted by atomic mass is 10.1. The highest BCUT2D eigenvalue weighted by atomic mass is 35.5. The second-order valence-corrected chi connectivity index (χ2v) is 7.87. The summed E-state index contributed by atoms with van der Waals surface area (Å²) >= 11 is 6.00. The van der Waals surface area contributed by atoms with Crippen LogP contribution in [0.4, 0.5) is 18.9 Å². The van der Waals surface area contributed by atoms with Gasteiger partial charge < -0.3 is 5.32 Å². The van der Waals surface area contributed by atoms with Gasteiger partial charge in [-0.3, -0.25) is 14.9 Å². The van der Waals surface area contributed by atoms with Gasteiger partial charge in [0, 0.05) is 23.7 Å². The van der Waals surface area contributed by atoms with E-state index in [2.05, 4.69) is 0 Å². The van der Waals surface area contributed by atoms with Crippen LogP contribution in [-0.2, 0) is 21.1 Å². The maximum atomic E-state index is 12.6. The third kappa shape index (κ3) is 4.98. The molecule has 0 aromatic heterocycles. The van der Waals surface area contributed by atoms with E-state index in [-0.39, 0.29) is 27.8 Å². The number of nitrogens with one attached hydrogen (secondary N) is 1. The molecule has 0 spiro atoms. The minimum Gasteiger partial charge on any atom is -0.348 e. The maximum absolute atomic E-state index is 12.6. The van der Waals surface area contributed by atoms with Crippen molar-refractivity contribution in [2.24, 2.45) is 0 Å². The van der Waals surface area contributed by atoms with Crippen LogP contribution in [0.5, 0.6) is 0 Å². The van der Waals surface area contributed by atoms with Crippen molar-refractivity contribution in [3.63, 3.8) is 0 Å². The molecule has 0 aliphatic heterocycles. The molecule has 2 aromatic carbocycles. The van der Waals surface area contributed by atoms with E-state index in [1.807, 2.05) is 0 Å². The number of carbonyl (C=O) groups excluding carboxylic acids is 1. The molecule has 12 heteroatoms. The number of carbonyl (C=O) groups is 1. The van der Waals surface area contributed by atoms with E-state index in [9.17, 15) is 36.5 Å². The van der Waals surface area contributed by atoms with Gasteiger partial charge in [-0.05, 0) is 30.2 Å². The van der Waals surface area contributed by atoms with Gasteiger partial charge in [-0.15, -0.1) is 0 Å². The number of alkyl halides is 3. The Bertz CT molecular complexity index is 1030. The minimum absolute atomic E-state index is 0.0345. The Labute approximate surface area is 162 Å². The van der Waals surface area contributed by atoms with E-state index in [1.54, 1.807) is 5.32 Å². The lowest BCUT2D eigenvalue weighted by Gasteiger charge is -2.10. The summed E-state index contributed by atoms with van der Waals surface area (Å²) in [7, 11) is -4.09. The van der Waals surface area contributed by atoms with Crippen molar-refractivity contribution >= 4 is 33.0 Å². The van der Waals surface area contributed by atoms with Crippen molar-refractivity contribution in [2.75, 3.05) is 6.54 Å². The third-order valence-corrected chi connectivity index (χ3v) is 5.71. The number of rotatable bonds is 6. The summed E-state index contributed by atoms with van der Waals surface area (Å²) in [6.07, 6.45) is -5.06. The zero-order valence-corrected chi connectivity index (χ0v) is 15.4. The highest BCUT2D eigenvalue weighted by molar-refractivity contribution is 7.91. The molecule has 1 amide bonds. The van der Waals surface area contributed by atoms with Crippen LogP contribution in [-0.4, -0.2) is 32.0 Å². The van der Waals surface area contributed by atoms with Crippen molar-refractivity contribution in [1.29, 1.82) is 0 Å². The third-order valence-electron chi connectivity index (χ3n) is 3.61. The first-order chi connectivity index (χ1) is 12.9.